The van der Waals surface area contributed by atoms with Crippen LogP contribution < -0.4 is 5.32 Å². The molecule has 0 unspecified atom stereocenters. The second-order valence-corrected chi connectivity index (χ2v) is 7.42. The summed E-state index contributed by atoms with van der Waals surface area (Å²) >= 11 is 0. The summed E-state index contributed by atoms with van der Waals surface area (Å²) in [6.07, 6.45) is 3.30. The van der Waals surface area contributed by atoms with Crippen LogP contribution in [0, 0.1) is 0 Å². The third-order valence-electron chi connectivity index (χ3n) is 5.24. The minimum absolute atomic E-state index is 0.0555. The predicted molar refractivity (Wildman–Crippen MR) is 108 cm³/mol. The fourth-order valence-electron chi connectivity index (χ4n) is 3.75. The number of hydrogen-bond acceptors (Lipinski definition) is 4. The molecule has 4 rings (SSSR count). The van der Waals surface area contributed by atoms with E-state index in [0.29, 0.717) is 19.4 Å². The van der Waals surface area contributed by atoms with Crippen LogP contribution in [-0.2, 0) is 24.2 Å². The van der Waals surface area contributed by atoms with E-state index in [1.165, 1.54) is 11.1 Å². The number of aromatic nitrogens is 2. The Morgan fingerprint density at radius 2 is 2.00 bits per heavy atom. The number of rotatable bonds is 7. The summed E-state index contributed by atoms with van der Waals surface area (Å²) in [4.78, 5) is 14.4. The van der Waals surface area contributed by atoms with Crippen molar-refractivity contribution < 1.29 is 9.90 Å². The smallest absolute Gasteiger partial charge is 0.220 e. The molecule has 2 N–H and O–H groups in total. The van der Waals surface area contributed by atoms with Crippen molar-refractivity contribution in [1.82, 2.24) is 19.8 Å². The third kappa shape index (κ3) is 4.58. The van der Waals surface area contributed by atoms with Gasteiger partial charge in [0.25, 0.3) is 0 Å². The Balaban J connectivity index is 1.19. The molecule has 0 saturated carbocycles. The lowest BCUT2D eigenvalue weighted by Crippen LogP contribution is -2.42. The van der Waals surface area contributed by atoms with Gasteiger partial charge in [-0.2, -0.15) is 5.10 Å². The van der Waals surface area contributed by atoms with E-state index in [1.807, 2.05) is 35.0 Å². The Bertz CT molecular complexity index is 919. The number of aryl methyl sites for hydroxylation is 1. The summed E-state index contributed by atoms with van der Waals surface area (Å²) in [6.45, 7) is 2.65. The van der Waals surface area contributed by atoms with E-state index >= 15 is 0 Å². The molecule has 3 heterocycles. The molecule has 0 radical (unpaired) electrons. The van der Waals surface area contributed by atoms with E-state index in [0.717, 1.165) is 30.7 Å². The zero-order valence-electron chi connectivity index (χ0n) is 15.9. The predicted octanol–water partition coefficient (Wildman–Crippen LogP) is 1.80. The van der Waals surface area contributed by atoms with Crippen LogP contribution in [0.2, 0.25) is 0 Å². The Labute approximate surface area is 164 Å². The van der Waals surface area contributed by atoms with Gasteiger partial charge >= 0.3 is 0 Å². The summed E-state index contributed by atoms with van der Waals surface area (Å²) in [7, 11) is 0. The molecule has 1 aromatic carbocycles. The van der Waals surface area contributed by atoms with E-state index in [4.69, 9.17) is 0 Å². The number of β-amino-alcohol motifs (C(OH)–C–C–N with tert-alkyl or cyclic N) is 1. The highest BCUT2D eigenvalue weighted by Crippen LogP contribution is 2.18. The van der Waals surface area contributed by atoms with E-state index in [9.17, 15) is 9.90 Å². The Morgan fingerprint density at radius 3 is 2.86 bits per heavy atom. The topological polar surface area (TPSA) is 69.9 Å². The van der Waals surface area contributed by atoms with Gasteiger partial charge in [0.05, 0.1) is 17.3 Å². The lowest BCUT2D eigenvalue weighted by atomic mass is 10.00. The van der Waals surface area contributed by atoms with Crippen molar-refractivity contribution in [1.29, 1.82) is 0 Å². The first kappa shape index (κ1) is 18.7. The van der Waals surface area contributed by atoms with Crippen LogP contribution in [0.1, 0.15) is 23.2 Å². The molecular weight excluding hydrogens is 352 g/mol. The highest BCUT2D eigenvalue weighted by atomic mass is 16.3. The Morgan fingerprint density at radius 1 is 1.18 bits per heavy atom. The zero-order chi connectivity index (χ0) is 19.3. The molecule has 1 aliphatic heterocycles. The number of aliphatic hydroxyl groups is 1. The van der Waals surface area contributed by atoms with Gasteiger partial charge in [-0.15, -0.1) is 0 Å². The highest BCUT2D eigenvalue weighted by molar-refractivity contribution is 5.76. The molecule has 0 aliphatic carbocycles. The lowest BCUT2D eigenvalue weighted by Gasteiger charge is -2.30. The number of pyridine rings is 1. The molecule has 6 nitrogen and oxygen atoms in total. The number of benzene rings is 1. The zero-order valence-corrected chi connectivity index (χ0v) is 15.9. The maximum absolute atomic E-state index is 12.1. The number of aliphatic hydroxyl groups excluding tert-OH is 1. The average Bonchev–Trinajstić information content (AvgIpc) is 3.14. The van der Waals surface area contributed by atoms with Crippen molar-refractivity contribution in [3.8, 4) is 0 Å². The lowest BCUT2D eigenvalue weighted by molar-refractivity contribution is -0.121. The van der Waals surface area contributed by atoms with Crippen LogP contribution in [-0.4, -0.2) is 51.3 Å². The number of amides is 1. The van der Waals surface area contributed by atoms with Gasteiger partial charge in [0, 0.05) is 45.2 Å². The molecule has 0 spiro atoms. The maximum atomic E-state index is 12.1. The Kier molecular flexibility index (Phi) is 5.69. The van der Waals surface area contributed by atoms with Crippen LogP contribution >= 0.6 is 0 Å². The summed E-state index contributed by atoms with van der Waals surface area (Å²) in [5.74, 6) is -0.0555. The minimum atomic E-state index is -0.565. The monoisotopic (exact) mass is 378 g/mol. The molecule has 0 saturated heterocycles. The van der Waals surface area contributed by atoms with E-state index in [1.54, 1.807) is 0 Å². The fraction of sp³-hybridized carbons (Fsp3) is 0.364. The van der Waals surface area contributed by atoms with Gasteiger partial charge in [-0.1, -0.05) is 30.3 Å². The molecule has 0 fully saturated rings. The van der Waals surface area contributed by atoms with Crippen molar-refractivity contribution >= 4 is 11.4 Å². The second kappa shape index (κ2) is 8.54. The van der Waals surface area contributed by atoms with Crippen LogP contribution in [0.4, 0.5) is 0 Å². The molecule has 3 aromatic rings. The van der Waals surface area contributed by atoms with Crippen molar-refractivity contribution in [2.45, 2.75) is 31.9 Å². The van der Waals surface area contributed by atoms with Gasteiger partial charge in [0.15, 0.2) is 0 Å². The molecule has 6 heteroatoms. The molecule has 1 amide bonds. The molecule has 0 bridgehead atoms. The molecule has 2 aromatic heterocycles. The van der Waals surface area contributed by atoms with Crippen LogP contribution in [0.3, 0.4) is 0 Å². The molecule has 1 atom stereocenters. The number of carbonyl (C=O) groups is 1. The summed E-state index contributed by atoms with van der Waals surface area (Å²) in [5.41, 5.74) is 4.65. The second-order valence-electron chi connectivity index (χ2n) is 7.42. The van der Waals surface area contributed by atoms with Crippen LogP contribution in [0.5, 0.6) is 0 Å². The molecular formula is C22H26N4O2. The molecule has 146 valence electrons. The van der Waals surface area contributed by atoms with Crippen LogP contribution in [0.25, 0.3) is 5.52 Å². The number of hydrogen-bond donors (Lipinski definition) is 2. The fourth-order valence-corrected chi connectivity index (χ4v) is 3.75. The largest absolute Gasteiger partial charge is 0.390 e. The minimum Gasteiger partial charge on any atom is -0.390 e. The number of carbonyl (C=O) groups excluding carboxylic acids is 1. The standard InChI is InChI=1S/C22H26N4O2/c27-21(16-25-12-10-17-5-1-2-6-18(17)15-25)14-23-22(28)9-8-19-13-20-7-3-4-11-26(20)24-19/h1-7,11,13,21,27H,8-10,12,14-16H2,(H,23,28)/t21-/m1/s1. The van der Waals surface area contributed by atoms with Crippen LogP contribution in [0.15, 0.2) is 54.7 Å². The summed E-state index contributed by atoms with van der Waals surface area (Å²) in [5, 5.41) is 17.6. The normalized spacial score (nSPS) is 15.3. The van der Waals surface area contributed by atoms with Crippen molar-refractivity contribution in [2.75, 3.05) is 19.6 Å². The van der Waals surface area contributed by atoms with Gasteiger partial charge in [0.2, 0.25) is 5.91 Å². The first-order chi connectivity index (χ1) is 13.7. The highest BCUT2D eigenvalue weighted by Gasteiger charge is 2.18. The van der Waals surface area contributed by atoms with Gasteiger partial charge in [-0.05, 0) is 35.7 Å². The quantitative estimate of drug-likeness (QED) is 0.658. The number of nitrogens with one attached hydrogen (secondary N) is 1. The van der Waals surface area contributed by atoms with E-state index < -0.39 is 6.10 Å². The third-order valence-corrected chi connectivity index (χ3v) is 5.24. The van der Waals surface area contributed by atoms with Gasteiger partial charge < -0.3 is 10.4 Å². The van der Waals surface area contributed by atoms with E-state index in [2.05, 4.69) is 39.6 Å². The Hall–Kier alpha value is -2.70. The van der Waals surface area contributed by atoms with Crippen molar-refractivity contribution in [3.05, 3.63) is 71.5 Å². The van der Waals surface area contributed by atoms with Gasteiger partial charge in [-0.25, -0.2) is 4.52 Å². The maximum Gasteiger partial charge on any atom is 0.220 e. The van der Waals surface area contributed by atoms with Crippen molar-refractivity contribution in [3.63, 3.8) is 0 Å². The molecule has 1 aliphatic rings. The first-order valence-electron chi connectivity index (χ1n) is 9.84. The number of fused-ring (bicyclic) bond motifs is 2. The summed E-state index contributed by atoms with van der Waals surface area (Å²) < 4.78 is 1.81. The molecule has 28 heavy (non-hydrogen) atoms. The van der Waals surface area contributed by atoms with E-state index in [-0.39, 0.29) is 12.5 Å². The van der Waals surface area contributed by atoms with Gasteiger partial charge in [-0.3, -0.25) is 9.69 Å². The van der Waals surface area contributed by atoms with Gasteiger partial charge in [0.1, 0.15) is 0 Å². The summed E-state index contributed by atoms with van der Waals surface area (Å²) in [6, 6.07) is 16.3. The average molecular weight is 378 g/mol. The first-order valence-corrected chi connectivity index (χ1v) is 9.84. The SMILES string of the molecule is O=C(CCc1cc2ccccn2n1)NC[C@@H](O)CN1CCc2ccccc2C1. The van der Waals surface area contributed by atoms with Crippen molar-refractivity contribution in [2.24, 2.45) is 0 Å². The number of nitrogens with zero attached hydrogens (tertiary/aromatic N) is 3.